The first-order valence-corrected chi connectivity index (χ1v) is 7.30. The minimum Gasteiger partial charge on any atom is -0.378 e. The summed E-state index contributed by atoms with van der Waals surface area (Å²) < 4.78 is 0. The van der Waals surface area contributed by atoms with Gasteiger partial charge in [0.2, 0.25) is 5.91 Å². The molecule has 1 N–H and O–H groups in total. The second-order valence-corrected chi connectivity index (χ2v) is 5.58. The standard InChI is InChI=1S/C18H20N2O/c1-13(21)20(2)18-12-17(14-8-4-3-5-9-14)19-16-11-7-6-10-15(16)18/h3-11,17-19H,12H2,1-2H3/t17-,18-/m0/s1. The normalized spacial score (nSPS) is 20.3. The lowest BCUT2D eigenvalue weighted by Crippen LogP contribution is -2.34. The van der Waals surface area contributed by atoms with E-state index in [4.69, 9.17) is 0 Å². The molecule has 3 rings (SSSR count). The molecule has 0 saturated heterocycles. The summed E-state index contributed by atoms with van der Waals surface area (Å²) in [5.74, 6) is 0.100. The fourth-order valence-electron chi connectivity index (χ4n) is 3.01. The Kier molecular flexibility index (Phi) is 3.65. The minimum atomic E-state index is 0.100. The third-order valence-electron chi connectivity index (χ3n) is 4.27. The van der Waals surface area contributed by atoms with Gasteiger partial charge in [0, 0.05) is 19.7 Å². The first-order valence-electron chi connectivity index (χ1n) is 7.30. The van der Waals surface area contributed by atoms with Crippen LogP contribution in [0, 0.1) is 0 Å². The van der Waals surface area contributed by atoms with Crippen molar-refractivity contribution in [3.63, 3.8) is 0 Å². The predicted molar refractivity (Wildman–Crippen MR) is 85.0 cm³/mol. The van der Waals surface area contributed by atoms with Crippen LogP contribution in [0.1, 0.15) is 36.6 Å². The molecule has 21 heavy (non-hydrogen) atoms. The number of nitrogens with zero attached hydrogens (tertiary/aromatic N) is 1. The molecule has 0 bridgehead atoms. The molecule has 0 spiro atoms. The van der Waals surface area contributed by atoms with Crippen LogP contribution in [0.5, 0.6) is 0 Å². The fraction of sp³-hybridized carbons (Fsp3) is 0.278. The Morgan fingerprint density at radius 3 is 2.48 bits per heavy atom. The van der Waals surface area contributed by atoms with Gasteiger partial charge in [0.05, 0.1) is 12.1 Å². The van der Waals surface area contributed by atoms with E-state index in [2.05, 4.69) is 41.7 Å². The molecule has 0 radical (unpaired) electrons. The monoisotopic (exact) mass is 280 g/mol. The van der Waals surface area contributed by atoms with Gasteiger partial charge in [0.15, 0.2) is 0 Å². The molecule has 1 aliphatic heterocycles. The van der Waals surface area contributed by atoms with Gasteiger partial charge in [0.25, 0.3) is 0 Å². The minimum absolute atomic E-state index is 0.100. The van der Waals surface area contributed by atoms with Crippen molar-refractivity contribution in [3.05, 3.63) is 65.7 Å². The molecule has 1 heterocycles. The van der Waals surface area contributed by atoms with E-state index in [0.717, 1.165) is 12.1 Å². The Morgan fingerprint density at radius 1 is 1.10 bits per heavy atom. The zero-order chi connectivity index (χ0) is 14.8. The van der Waals surface area contributed by atoms with E-state index < -0.39 is 0 Å². The molecule has 2 atom stereocenters. The smallest absolute Gasteiger partial charge is 0.219 e. The number of nitrogens with one attached hydrogen (secondary N) is 1. The largest absolute Gasteiger partial charge is 0.378 e. The van der Waals surface area contributed by atoms with E-state index in [-0.39, 0.29) is 18.0 Å². The Labute approximate surface area is 125 Å². The lowest BCUT2D eigenvalue weighted by molar-refractivity contribution is -0.130. The second kappa shape index (κ2) is 5.60. The average Bonchev–Trinajstić information content (AvgIpc) is 2.54. The third-order valence-corrected chi connectivity index (χ3v) is 4.27. The van der Waals surface area contributed by atoms with Gasteiger partial charge in [-0.05, 0) is 23.6 Å². The summed E-state index contributed by atoms with van der Waals surface area (Å²) in [5, 5.41) is 3.60. The van der Waals surface area contributed by atoms with E-state index in [1.165, 1.54) is 11.1 Å². The van der Waals surface area contributed by atoms with Gasteiger partial charge in [-0.25, -0.2) is 0 Å². The maximum atomic E-state index is 11.8. The molecule has 1 amide bonds. The van der Waals surface area contributed by atoms with Crippen LogP contribution >= 0.6 is 0 Å². The van der Waals surface area contributed by atoms with Gasteiger partial charge >= 0.3 is 0 Å². The molecule has 0 fully saturated rings. The van der Waals surface area contributed by atoms with E-state index in [1.807, 2.05) is 30.1 Å². The van der Waals surface area contributed by atoms with Crippen molar-refractivity contribution in [1.82, 2.24) is 4.90 Å². The van der Waals surface area contributed by atoms with Crippen molar-refractivity contribution < 1.29 is 4.79 Å². The summed E-state index contributed by atoms with van der Waals surface area (Å²) >= 11 is 0. The molecular formula is C18H20N2O. The average molecular weight is 280 g/mol. The molecule has 0 saturated carbocycles. The maximum Gasteiger partial charge on any atom is 0.219 e. The summed E-state index contributed by atoms with van der Waals surface area (Å²) in [5.41, 5.74) is 3.58. The van der Waals surface area contributed by atoms with Crippen LogP contribution in [-0.2, 0) is 4.79 Å². The van der Waals surface area contributed by atoms with Crippen LogP contribution in [0.25, 0.3) is 0 Å². The van der Waals surface area contributed by atoms with Crippen LogP contribution in [0.3, 0.4) is 0 Å². The second-order valence-electron chi connectivity index (χ2n) is 5.58. The Morgan fingerprint density at radius 2 is 1.76 bits per heavy atom. The first kappa shape index (κ1) is 13.7. The first-order chi connectivity index (χ1) is 10.2. The Hall–Kier alpha value is -2.29. The van der Waals surface area contributed by atoms with E-state index in [1.54, 1.807) is 6.92 Å². The lowest BCUT2D eigenvalue weighted by Gasteiger charge is -2.38. The number of hydrogen-bond donors (Lipinski definition) is 1. The van der Waals surface area contributed by atoms with Crippen molar-refractivity contribution in [2.45, 2.75) is 25.4 Å². The topological polar surface area (TPSA) is 32.3 Å². The predicted octanol–water partition coefficient (Wildman–Crippen LogP) is 3.76. The van der Waals surface area contributed by atoms with Gasteiger partial charge in [-0.3, -0.25) is 4.79 Å². The zero-order valence-electron chi connectivity index (χ0n) is 12.4. The highest BCUT2D eigenvalue weighted by Crippen LogP contribution is 2.41. The molecule has 1 aliphatic rings. The van der Waals surface area contributed by atoms with Gasteiger partial charge in [-0.1, -0.05) is 48.5 Å². The molecular weight excluding hydrogens is 260 g/mol. The molecule has 3 nitrogen and oxygen atoms in total. The number of hydrogen-bond acceptors (Lipinski definition) is 2. The number of rotatable bonds is 2. The molecule has 0 aliphatic carbocycles. The van der Waals surface area contributed by atoms with Crippen molar-refractivity contribution in [2.75, 3.05) is 12.4 Å². The number of amides is 1. The summed E-state index contributed by atoms with van der Waals surface area (Å²) in [7, 11) is 1.89. The molecule has 108 valence electrons. The Bertz CT molecular complexity index is 639. The number of benzene rings is 2. The van der Waals surface area contributed by atoms with Gasteiger partial charge in [-0.2, -0.15) is 0 Å². The van der Waals surface area contributed by atoms with E-state index >= 15 is 0 Å². The van der Waals surface area contributed by atoms with Gasteiger partial charge < -0.3 is 10.2 Å². The molecule has 2 aromatic carbocycles. The number of carbonyl (C=O) groups is 1. The Balaban J connectivity index is 1.98. The van der Waals surface area contributed by atoms with Crippen molar-refractivity contribution in [2.24, 2.45) is 0 Å². The van der Waals surface area contributed by atoms with Crippen molar-refractivity contribution in [1.29, 1.82) is 0 Å². The molecule has 0 aromatic heterocycles. The van der Waals surface area contributed by atoms with Crippen molar-refractivity contribution >= 4 is 11.6 Å². The SMILES string of the molecule is CC(=O)N(C)[C@H]1C[C@@H](c2ccccc2)Nc2ccccc21. The van der Waals surface area contributed by atoms with Crippen LogP contribution in [0.15, 0.2) is 54.6 Å². The summed E-state index contributed by atoms with van der Waals surface area (Å²) in [6.45, 7) is 1.63. The number of anilines is 1. The zero-order valence-corrected chi connectivity index (χ0v) is 12.4. The van der Waals surface area contributed by atoms with Gasteiger partial charge in [0.1, 0.15) is 0 Å². The number of fused-ring (bicyclic) bond motifs is 1. The quantitative estimate of drug-likeness (QED) is 0.908. The fourth-order valence-corrected chi connectivity index (χ4v) is 3.01. The molecule has 2 aromatic rings. The number of carbonyl (C=O) groups excluding carboxylic acids is 1. The lowest BCUT2D eigenvalue weighted by atomic mass is 9.88. The highest BCUT2D eigenvalue weighted by Gasteiger charge is 2.30. The summed E-state index contributed by atoms with van der Waals surface area (Å²) in [4.78, 5) is 13.6. The van der Waals surface area contributed by atoms with Crippen molar-refractivity contribution in [3.8, 4) is 0 Å². The van der Waals surface area contributed by atoms with Crippen LogP contribution in [0.2, 0.25) is 0 Å². The molecule has 0 unspecified atom stereocenters. The van der Waals surface area contributed by atoms with Crippen LogP contribution in [-0.4, -0.2) is 17.9 Å². The number of para-hydroxylation sites is 1. The van der Waals surface area contributed by atoms with Crippen LogP contribution in [0.4, 0.5) is 5.69 Å². The van der Waals surface area contributed by atoms with Gasteiger partial charge in [-0.15, -0.1) is 0 Å². The summed E-state index contributed by atoms with van der Waals surface area (Å²) in [6.07, 6.45) is 0.886. The highest BCUT2D eigenvalue weighted by atomic mass is 16.2. The van der Waals surface area contributed by atoms with E-state index in [0.29, 0.717) is 0 Å². The highest BCUT2D eigenvalue weighted by molar-refractivity contribution is 5.74. The summed E-state index contributed by atoms with van der Waals surface area (Å²) in [6, 6.07) is 19.0. The van der Waals surface area contributed by atoms with Crippen LogP contribution < -0.4 is 5.32 Å². The van der Waals surface area contributed by atoms with E-state index in [9.17, 15) is 4.79 Å². The molecule has 3 heteroatoms. The maximum absolute atomic E-state index is 11.8. The third kappa shape index (κ3) is 2.64.